The number of hydrogen-bond donors (Lipinski definition) is 0. The van der Waals surface area contributed by atoms with Crippen LogP contribution in [-0.4, -0.2) is 33.9 Å². The summed E-state index contributed by atoms with van der Waals surface area (Å²) in [6.45, 7) is 8.46. The fourth-order valence-electron chi connectivity index (χ4n) is 2.17. The monoisotopic (exact) mass is 366 g/mol. The van der Waals surface area contributed by atoms with E-state index in [0.29, 0.717) is 25.3 Å². The zero-order valence-electron chi connectivity index (χ0n) is 14.4. The standard InChI is InChI=1S/C17H22N2O3S2/c1-5-22-16(21)13-11-24-14(18-13)10-19(17(2,3)4)15(20)9-12-7-6-8-23-12/h6-8,11H,5,9-10H2,1-4H3. The lowest BCUT2D eigenvalue weighted by atomic mass is 10.1. The number of carbonyl (C=O) groups excluding carboxylic acids is 2. The average molecular weight is 367 g/mol. The molecule has 0 bridgehead atoms. The number of rotatable bonds is 6. The predicted octanol–water partition coefficient (Wildman–Crippen LogP) is 3.75. The minimum atomic E-state index is -0.424. The van der Waals surface area contributed by atoms with E-state index in [1.54, 1.807) is 28.5 Å². The Morgan fingerprint density at radius 2 is 2.04 bits per heavy atom. The molecule has 2 rings (SSSR count). The van der Waals surface area contributed by atoms with E-state index in [1.807, 2.05) is 38.3 Å². The van der Waals surface area contributed by atoms with E-state index in [-0.39, 0.29) is 11.4 Å². The van der Waals surface area contributed by atoms with Crippen LogP contribution in [0.1, 0.15) is 48.1 Å². The van der Waals surface area contributed by atoms with Gasteiger partial charge in [0.1, 0.15) is 5.01 Å². The van der Waals surface area contributed by atoms with Crippen LogP contribution in [0.3, 0.4) is 0 Å². The third-order valence-corrected chi connectivity index (χ3v) is 5.06. The number of nitrogens with zero attached hydrogens (tertiary/aromatic N) is 2. The van der Waals surface area contributed by atoms with Crippen molar-refractivity contribution >= 4 is 34.6 Å². The van der Waals surface area contributed by atoms with Crippen molar-refractivity contribution in [3.63, 3.8) is 0 Å². The summed E-state index contributed by atoms with van der Waals surface area (Å²) in [5.41, 5.74) is -0.0270. The average Bonchev–Trinajstić information content (AvgIpc) is 3.14. The molecule has 0 unspecified atom stereocenters. The number of esters is 1. The molecule has 0 aliphatic rings. The molecule has 2 aromatic heterocycles. The summed E-state index contributed by atoms with van der Waals surface area (Å²) < 4.78 is 4.96. The van der Waals surface area contributed by atoms with E-state index in [4.69, 9.17) is 4.74 Å². The molecule has 0 spiro atoms. The Balaban J connectivity index is 2.12. The van der Waals surface area contributed by atoms with Gasteiger partial charge in [0.05, 0.1) is 19.6 Å². The van der Waals surface area contributed by atoms with E-state index in [9.17, 15) is 9.59 Å². The maximum absolute atomic E-state index is 12.7. The van der Waals surface area contributed by atoms with Gasteiger partial charge in [-0.2, -0.15) is 0 Å². The molecule has 0 radical (unpaired) electrons. The van der Waals surface area contributed by atoms with Gasteiger partial charge in [0.25, 0.3) is 0 Å². The van der Waals surface area contributed by atoms with Gasteiger partial charge in [-0.05, 0) is 39.1 Å². The Labute approximate surface area is 150 Å². The molecule has 0 saturated carbocycles. The highest BCUT2D eigenvalue weighted by atomic mass is 32.1. The van der Waals surface area contributed by atoms with E-state index in [1.165, 1.54) is 11.3 Å². The highest BCUT2D eigenvalue weighted by Gasteiger charge is 2.28. The van der Waals surface area contributed by atoms with Crippen LogP contribution in [0.25, 0.3) is 0 Å². The lowest BCUT2D eigenvalue weighted by Gasteiger charge is -2.35. The maximum Gasteiger partial charge on any atom is 0.357 e. The van der Waals surface area contributed by atoms with Crippen LogP contribution >= 0.6 is 22.7 Å². The lowest BCUT2D eigenvalue weighted by molar-refractivity contribution is -0.136. The fourth-order valence-corrected chi connectivity index (χ4v) is 3.62. The minimum Gasteiger partial charge on any atom is -0.461 e. The number of thiophene rings is 1. The summed E-state index contributed by atoms with van der Waals surface area (Å²) >= 11 is 2.95. The van der Waals surface area contributed by atoms with Crippen LogP contribution in [0.2, 0.25) is 0 Å². The molecule has 24 heavy (non-hydrogen) atoms. The normalized spacial score (nSPS) is 11.3. The number of aromatic nitrogens is 1. The molecule has 2 heterocycles. The predicted molar refractivity (Wildman–Crippen MR) is 96.4 cm³/mol. The molecule has 0 saturated heterocycles. The number of thiazole rings is 1. The van der Waals surface area contributed by atoms with Gasteiger partial charge in [-0.25, -0.2) is 9.78 Å². The van der Waals surface area contributed by atoms with Gasteiger partial charge in [-0.15, -0.1) is 22.7 Å². The topological polar surface area (TPSA) is 59.5 Å². The first-order chi connectivity index (χ1) is 11.3. The maximum atomic E-state index is 12.7. The fraction of sp³-hybridized carbons (Fsp3) is 0.471. The quantitative estimate of drug-likeness (QED) is 0.731. The van der Waals surface area contributed by atoms with E-state index >= 15 is 0 Å². The van der Waals surface area contributed by atoms with E-state index in [0.717, 1.165) is 9.88 Å². The van der Waals surface area contributed by atoms with Crippen LogP contribution in [0.15, 0.2) is 22.9 Å². The molecule has 0 aliphatic carbocycles. The molecule has 0 aromatic carbocycles. The first kappa shape index (κ1) is 18.6. The van der Waals surface area contributed by atoms with Crippen LogP contribution in [0.4, 0.5) is 0 Å². The summed E-state index contributed by atoms with van der Waals surface area (Å²) in [6.07, 6.45) is 0.380. The van der Waals surface area contributed by atoms with Gasteiger partial charge in [-0.3, -0.25) is 4.79 Å². The highest BCUT2D eigenvalue weighted by molar-refractivity contribution is 7.10. The number of hydrogen-bond acceptors (Lipinski definition) is 6. The van der Waals surface area contributed by atoms with Gasteiger partial charge >= 0.3 is 5.97 Å². The zero-order valence-corrected chi connectivity index (χ0v) is 16.0. The molecule has 0 atom stereocenters. The van der Waals surface area contributed by atoms with Crippen LogP contribution in [0.5, 0.6) is 0 Å². The number of carbonyl (C=O) groups is 2. The SMILES string of the molecule is CCOC(=O)c1csc(CN(C(=O)Cc2cccs2)C(C)(C)C)n1. The Bertz CT molecular complexity index is 687. The van der Waals surface area contributed by atoms with Crippen molar-refractivity contribution in [3.8, 4) is 0 Å². The lowest BCUT2D eigenvalue weighted by Crippen LogP contribution is -2.45. The number of amides is 1. The van der Waals surface area contributed by atoms with Crippen molar-refractivity contribution in [2.45, 2.75) is 46.2 Å². The molecule has 0 N–H and O–H groups in total. The van der Waals surface area contributed by atoms with Crippen molar-refractivity contribution in [1.29, 1.82) is 0 Å². The third kappa shape index (κ3) is 4.88. The molecule has 5 nitrogen and oxygen atoms in total. The Morgan fingerprint density at radius 3 is 2.62 bits per heavy atom. The summed E-state index contributed by atoms with van der Waals surface area (Å²) in [5.74, 6) is -0.370. The second kappa shape index (κ2) is 7.90. The molecule has 130 valence electrons. The Morgan fingerprint density at radius 1 is 1.29 bits per heavy atom. The molecular formula is C17H22N2O3S2. The summed E-state index contributed by atoms with van der Waals surface area (Å²) in [5, 5.41) is 4.38. The second-order valence-electron chi connectivity index (χ2n) is 6.25. The zero-order chi connectivity index (χ0) is 17.7. The van der Waals surface area contributed by atoms with Crippen LogP contribution in [-0.2, 0) is 22.5 Å². The summed E-state index contributed by atoms with van der Waals surface area (Å²) in [4.78, 5) is 31.6. The van der Waals surface area contributed by atoms with Crippen LogP contribution in [0, 0.1) is 0 Å². The van der Waals surface area contributed by atoms with Crippen molar-refractivity contribution in [2.24, 2.45) is 0 Å². The molecule has 0 fully saturated rings. The van der Waals surface area contributed by atoms with Gasteiger partial charge in [0.15, 0.2) is 5.69 Å². The molecule has 2 aromatic rings. The van der Waals surface area contributed by atoms with Gasteiger partial charge in [-0.1, -0.05) is 6.07 Å². The first-order valence-electron chi connectivity index (χ1n) is 7.75. The van der Waals surface area contributed by atoms with Gasteiger partial charge in [0.2, 0.25) is 5.91 Å². The van der Waals surface area contributed by atoms with Gasteiger partial charge in [0, 0.05) is 15.8 Å². The third-order valence-electron chi connectivity index (χ3n) is 3.35. The Kier molecular flexibility index (Phi) is 6.12. The van der Waals surface area contributed by atoms with Crippen molar-refractivity contribution in [1.82, 2.24) is 9.88 Å². The van der Waals surface area contributed by atoms with Crippen molar-refractivity contribution in [3.05, 3.63) is 38.5 Å². The number of ether oxygens (including phenoxy) is 1. The highest BCUT2D eigenvalue weighted by Crippen LogP contribution is 2.22. The minimum absolute atomic E-state index is 0.0536. The van der Waals surface area contributed by atoms with E-state index < -0.39 is 5.97 Å². The smallest absolute Gasteiger partial charge is 0.357 e. The molecule has 1 amide bonds. The summed E-state index contributed by atoms with van der Waals surface area (Å²) in [6, 6.07) is 3.91. The molecule has 7 heteroatoms. The second-order valence-corrected chi connectivity index (χ2v) is 8.23. The van der Waals surface area contributed by atoms with Crippen molar-refractivity contribution < 1.29 is 14.3 Å². The van der Waals surface area contributed by atoms with E-state index in [2.05, 4.69) is 4.98 Å². The first-order valence-corrected chi connectivity index (χ1v) is 9.51. The molecule has 0 aliphatic heterocycles. The van der Waals surface area contributed by atoms with Crippen molar-refractivity contribution in [2.75, 3.05) is 6.61 Å². The Hall–Kier alpha value is -1.73. The molecular weight excluding hydrogens is 344 g/mol. The largest absolute Gasteiger partial charge is 0.461 e. The van der Waals surface area contributed by atoms with Crippen LogP contribution < -0.4 is 0 Å². The van der Waals surface area contributed by atoms with Gasteiger partial charge < -0.3 is 9.64 Å². The summed E-state index contributed by atoms with van der Waals surface area (Å²) in [7, 11) is 0.